The molecule has 1 atom stereocenters. The molecule has 2 N–H and O–H groups in total. The summed E-state index contributed by atoms with van der Waals surface area (Å²) in [5.41, 5.74) is 1.50. The highest BCUT2D eigenvalue weighted by Crippen LogP contribution is 2.30. The number of rotatable bonds is 6. The topological polar surface area (TPSA) is 41.1 Å². The van der Waals surface area contributed by atoms with Gasteiger partial charge in [-0.2, -0.15) is 0 Å². The molecule has 0 radical (unpaired) electrons. The summed E-state index contributed by atoms with van der Waals surface area (Å²) in [6, 6.07) is 2.27. The Balaban J connectivity index is 1.78. The second kappa shape index (κ2) is 6.34. The molecule has 100 valence electrons. The Morgan fingerprint density at radius 2 is 2.33 bits per heavy atom. The molecule has 1 unspecified atom stereocenters. The Hall–Kier alpha value is -0.870. The minimum atomic E-state index is 0.0387. The summed E-state index contributed by atoms with van der Waals surface area (Å²) < 4.78 is 0. The van der Waals surface area contributed by atoms with Crippen molar-refractivity contribution in [1.29, 1.82) is 0 Å². The first-order chi connectivity index (χ1) is 8.70. The third-order valence-electron chi connectivity index (χ3n) is 3.38. The van der Waals surface area contributed by atoms with Crippen molar-refractivity contribution >= 4 is 17.2 Å². The van der Waals surface area contributed by atoms with Crippen LogP contribution in [0.15, 0.2) is 6.07 Å². The van der Waals surface area contributed by atoms with Crippen molar-refractivity contribution in [3.63, 3.8) is 0 Å². The van der Waals surface area contributed by atoms with Gasteiger partial charge < -0.3 is 10.6 Å². The van der Waals surface area contributed by atoms with E-state index in [9.17, 15) is 4.79 Å². The van der Waals surface area contributed by atoms with Crippen molar-refractivity contribution in [1.82, 2.24) is 10.6 Å². The van der Waals surface area contributed by atoms with Crippen LogP contribution in [0.4, 0.5) is 0 Å². The average molecular weight is 266 g/mol. The number of nitrogens with one attached hydrogen (secondary N) is 2. The zero-order valence-corrected chi connectivity index (χ0v) is 12.0. The lowest BCUT2D eigenvalue weighted by Crippen LogP contribution is -2.34. The van der Waals surface area contributed by atoms with Gasteiger partial charge in [0.05, 0.1) is 6.54 Å². The van der Waals surface area contributed by atoms with E-state index in [0.29, 0.717) is 6.54 Å². The molecule has 0 bridgehead atoms. The minimum absolute atomic E-state index is 0.0387. The van der Waals surface area contributed by atoms with Crippen LogP contribution in [0.2, 0.25) is 0 Å². The van der Waals surface area contributed by atoms with Crippen LogP contribution in [0.3, 0.4) is 0 Å². The quantitative estimate of drug-likeness (QED) is 0.828. The first kappa shape index (κ1) is 13.6. The van der Waals surface area contributed by atoms with E-state index in [-0.39, 0.29) is 11.8 Å². The Kier molecular flexibility index (Phi) is 4.78. The lowest BCUT2D eigenvalue weighted by Gasteiger charge is -2.11. The first-order valence-corrected chi connectivity index (χ1v) is 7.61. The van der Waals surface area contributed by atoms with Crippen LogP contribution in [-0.4, -0.2) is 19.0 Å². The maximum absolute atomic E-state index is 11.9. The first-order valence-electron chi connectivity index (χ1n) is 6.79. The van der Waals surface area contributed by atoms with Crippen molar-refractivity contribution in [3.8, 4) is 0 Å². The molecule has 18 heavy (non-hydrogen) atoms. The van der Waals surface area contributed by atoms with Crippen LogP contribution < -0.4 is 10.6 Å². The minimum Gasteiger partial charge on any atom is -0.351 e. The molecule has 1 amide bonds. The number of carbonyl (C=O) groups is 1. The molecule has 0 spiro atoms. The molecule has 0 aromatic carbocycles. The van der Waals surface area contributed by atoms with Crippen molar-refractivity contribution in [3.05, 3.63) is 21.4 Å². The lowest BCUT2D eigenvalue weighted by molar-refractivity contribution is -0.124. The van der Waals surface area contributed by atoms with E-state index in [0.717, 1.165) is 13.1 Å². The Bertz CT molecular complexity index is 392. The summed E-state index contributed by atoms with van der Waals surface area (Å²) in [6.45, 7) is 6.37. The number of fused-ring (bicyclic) bond motifs is 1. The molecule has 2 rings (SSSR count). The summed E-state index contributed by atoms with van der Waals surface area (Å²) in [4.78, 5) is 14.7. The molecule has 0 saturated carbocycles. The number of aryl methyl sites for hydroxylation is 2. The molecule has 1 aromatic rings. The summed E-state index contributed by atoms with van der Waals surface area (Å²) in [6.07, 6.45) is 3.74. The van der Waals surface area contributed by atoms with E-state index < -0.39 is 0 Å². The van der Waals surface area contributed by atoms with Gasteiger partial charge in [-0.3, -0.25) is 4.79 Å². The molecule has 3 nitrogen and oxygen atoms in total. The van der Waals surface area contributed by atoms with E-state index in [1.54, 1.807) is 0 Å². The number of thiophene rings is 1. The maximum atomic E-state index is 11.9. The van der Waals surface area contributed by atoms with Crippen molar-refractivity contribution in [2.45, 2.75) is 39.7 Å². The van der Waals surface area contributed by atoms with Crippen LogP contribution in [0.5, 0.6) is 0 Å². The SMILES string of the molecule is CCNCC(C)C(=O)NCc1cc2c(s1)CCC2. The monoisotopic (exact) mass is 266 g/mol. The predicted molar refractivity (Wildman–Crippen MR) is 75.9 cm³/mol. The maximum Gasteiger partial charge on any atom is 0.224 e. The Morgan fingerprint density at radius 1 is 1.50 bits per heavy atom. The Labute approximate surface area is 113 Å². The highest BCUT2D eigenvalue weighted by molar-refractivity contribution is 7.12. The number of amides is 1. The fraction of sp³-hybridized carbons (Fsp3) is 0.643. The summed E-state index contributed by atoms with van der Waals surface area (Å²) in [7, 11) is 0. The molecule has 1 aliphatic rings. The summed E-state index contributed by atoms with van der Waals surface area (Å²) >= 11 is 1.86. The molecule has 1 aromatic heterocycles. The lowest BCUT2D eigenvalue weighted by atomic mass is 10.1. The fourth-order valence-electron chi connectivity index (χ4n) is 2.28. The van der Waals surface area contributed by atoms with Crippen LogP contribution in [0.1, 0.15) is 35.6 Å². The van der Waals surface area contributed by atoms with Gasteiger partial charge in [-0.25, -0.2) is 0 Å². The third-order valence-corrected chi connectivity index (χ3v) is 4.62. The highest BCUT2D eigenvalue weighted by Gasteiger charge is 2.16. The predicted octanol–water partition coefficient (Wildman–Crippen LogP) is 2.10. The van der Waals surface area contributed by atoms with Gasteiger partial charge >= 0.3 is 0 Å². The van der Waals surface area contributed by atoms with E-state index in [1.807, 2.05) is 18.3 Å². The highest BCUT2D eigenvalue weighted by atomic mass is 32.1. The average Bonchev–Trinajstić information content (AvgIpc) is 2.93. The van der Waals surface area contributed by atoms with Crippen LogP contribution in [-0.2, 0) is 24.2 Å². The normalized spacial score (nSPS) is 15.4. The zero-order chi connectivity index (χ0) is 13.0. The molecule has 1 heterocycles. The second-order valence-corrected chi connectivity index (χ2v) is 6.16. The van der Waals surface area contributed by atoms with Gasteiger partial charge in [-0.15, -0.1) is 11.3 Å². The van der Waals surface area contributed by atoms with Crippen LogP contribution in [0.25, 0.3) is 0 Å². The largest absolute Gasteiger partial charge is 0.351 e. The fourth-order valence-corrected chi connectivity index (χ4v) is 3.48. The van der Waals surface area contributed by atoms with Gasteiger partial charge in [-0.1, -0.05) is 13.8 Å². The van der Waals surface area contributed by atoms with Gasteiger partial charge in [0.25, 0.3) is 0 Å². The molecule has 4 heteroatoms. The van der Waals surface area contributed by atoms with Gasteiger partial charge in [0.1, 0.15) is 0 Å². The van der Waals surface area contributed by atoms with Crippen molar-refractivity contribution in [2.75, 3.05) is 13.1 Å². The van der Waals surface area contributed by atoms with Gasteiger partial charge in [-0.05, 0) is 37.4 Å². The standard InChI is InChI=1S/C14H22N2OS/c1-3-15-8-10(2)14(17)16-9-12-7-11-5-4-6-13(11)18-12/h7,10,15H,3-6,8-9H2,1-2H3,(H,16,17). The smallest absolute Gasteiger partial charge is 0.224 e. The van der Waals surface area contributed by atoms with E-state index >= 15 is 0 Å². The Morgan fingerprint density at radius 3 is 3.06 bits per heavy atom. The summed E-state index contributed by atoms with van der Waals surface area (Å²) in [5, 5.41) is 6.23. The molecular weight excluding hydrogens is 244 g/mol. The molecule has 0 fully saturated rings. The van der Waals surface area contributed by atoms with E-state index in [1.165, 1.54) is 34.6 Å². The van der Waals surface area contributed by atoms with Gasteiger partial charge in [0, 0.05) is 22.2 Å². The summed E-state index contributed by atoms with van der Waals surface area (Å²) in [5.74, 6) is 0.182. The van der Waals surface area contributed by atoms with Gasteiger partial charge in [0.15, 0.2) is 0 Å². The molecule has 0 saturated heterocycles. The van der Waals surface area contributed by atoms with Gasteiger partial charge in [0.2, 0.25) is 5.91 Å². The van der Waals surface area contributed by atoms with E-state index in [2.05, 4.69) is 23.6 Å². The zero-order valence-electron chi connectivity index (χ0n) is 11.2. The van der Waals surface area contributed by atoms with Crippen LogP contribution >= 0.6 is 11.3 Å². The molecule has 0 aliphatic heterocycles. The number of carbonyl (C=O) groups excluding carboxylic acids is 1. The van der Waals surface area contributed by atoms with Crippen molar-refractivity contribution in [2.24, 2.45) is 5.92 Å². The second-order valence-electron chi connectivity index (χ2n) is 4.94. The number of hydrogen-bond donors (Lipinski definition) is 2. The van der Waals surface area contributed by atoms with E-state index in [4.69, 9.17) is 0 Å². The number of hydrogen-bond acceptors (Lipinski definition) is 3. The molecular formula is C14H22N2OS. The van der Waals surface area contributed by atoms with Crippen molar-refractivity contribution < 1.29 is 4.79 Å². The van der Waals surface area contributed by atoms with Crippen LogP contribution in [0, 0.1) is 5.92 Å². The molecule has 1 aliphatic carbocycles. The third kappa shape index (κ3) is 3.33.